The van der Waals surface area contributed by atoms with Gasteiger partial charge in [0.2, 0.25) is 5.82 Å². The second-order valence-corrected chi connectivity index (χ2v) is 5.97. The number of nitrogens with zero attached hydrogens (tertiary/aromatic N) is 2. The van der Waals surface area contributed by atoms with E-state index in [4.69, 9.17) is 19.2 Å². The number of hydrogen-bond donors (Lipinski definition) is 2. The predicted octanol–water partition coefficient (Wildman–Crippen LogP) is 3.75. The summed E-state index contributed by atoms with van der Waals surface area (Å²) in [6.07, 6.45) is -1.50. The summed E-state index contributed by atoms with van der Waals surface area (Å²) in [5.41, 5.74) is 4.09. The molecule has 2 N–H and O–H groups in total. The SMILES string of the molecule is Cc1ccc(C)c2oc(-c3nc(-c4ccc(C(O)O)cc4)no3)cc12. The molecule has 4 rings (SSSR count). The highest BCUT2D eigenvalue weighted by atomic mass is 16.5. The van der Waals surface area contributed by atoms with E-state index in [1.165, 1.54) is 0 Å². The van der Waals surface area contributed by atoms with Gasteiger partial charge < -0.3 is 19.2 Å². The Hall–Kier alpha value is -2.96. The molecule has 126 valence electrons. The van der Waals surface area contributed by atoms with Gasteiger partial charge >= 0.3 is 0 Å². The number of aliphatic hydroxyl groups is 2. The molecule has 25 heavy (non-hydrogen) atoms. The molecule has 0 saturated carbocycles. The first-order valence-corrected chi connectivity index (χ1v) is 7.83. The van der Waals surface area contributed by atoms with Crippen molar-refractivity contribution in [3.05, 3.63) is 59.2 Å². The Bertz CT molecular complexity index is 1010. The third-order valence-electron chi connectivity index (χ3n) is 4.20. The molecule has 2 aromatic heterocycles. The van der Waals surface area contributed by atoms with Crippen LogP contribution >= 0.6 is 0 Å². The highest BCUT2D eigenvalue weighted by Crippen LogP contribution is 2.32. The zero-order chi connectivity index (χ0) is 17.6. The molecule has 0 radical (unpaired) electrons. The lowest BCUT2D eigenvalue weighted by Gasteiger charge is -2.02. The fourth-order valence-electron chi connectivity index (χ4n) is 2.74. The molecule has 4 aromatic rings. The van der Waals surface area contributed by atoms with E-state index in [2.05, 4.69) is 10.1 Å². The van der Waals surface area contributed by atoms with Gasteiger partial charge in [-0.1, -0.05) is 41.6 Å². The highest BCUT2D eigenvalue weighted by molar-refractivity contribution is 5.87. The maximum Gasteiger partial charge on any atom is 0.293 e. The molecular formula is C19H16N2O4. The molecule has 0 aliphatic carbocycles. The smallest absolute Gasteiger partial charge is 0.293 e. The van der Waals surface area contributed by atoms with E-state index >= 15 is 0 Å². The number of aromatic nitrogens is 2. The molecule has 6 heteroatoms. The van der Waals surface area contributed by atoms with Gasteiger partial charge in [0.1, 0.15) is 5.58 Å². The summed E-state index contributed by atoms with van der Waals surface area (Å²) in [6, 6.07) is 12.6. The van der Waals surface area contributed by atoms with Crippen molar-refractivity contribution >= 4 is 11.0 Å². The van der Waals surface area contributed by atoms with Crippen molar-refractivity contribution in [2.75, 3.05) is 0 Å². The van der Waals surface area contributed by atoms with Gasteiger partial charge in [0.25, 0.3) is 5.89 Å². The van der Waals surface area contributed by atoms with Crippen LogP contribution in [0.25, 0.3) is 34.0 Å². The van der Waals surface area contributed by atoms with Crippen molar-refractivity contribution in [1.82, 2.24) is 10.1 Å². The maximum atomic E-state index is 9.15. The summed E-state index contributed by atoms with van der Waals surface area (Å²) in [5.74, 6) is 1.23. The fraction of sp³-hybridized carbons (Fsp3) is 0.158. The average Bonchev–Trinajstić information content (AvgIpc) is 3.26. The van der Waals surface area contributed by atoms with Gasteiger partial charge in [0.15, 0.2) is 12.1 Å². The van der Waals surface area contributed by atoms with Crippen LogP contribution in [-0.2, 0) is 0 Å². The Morgan fingerprint density at radius 2 is 1.68 bits per heavy atom. The summed E-state index contributed by atoms with van der Waals surface area (Å²) in [6.45, 7) is 4.02. The normalized spacial score (nSPS) is 11.6. The number of benzene rings is 2. The third kappa shape index (κ3) is 2.71. The summed E-state index contributed by atoms with van der Waals surface area (Å²) >= 11 is 0. The zero-order valence-electron chi connectivity index (χ0n) is 13.7. The molecular weight excluding hydrogens is 320 g/mol. The maximum absolute atomic E-state index is 9.15. The van der Waals surface area contributed by atoms with Crippen LogP contribution in [0, 0.1) is 13.8 Å². The van der Waals surface area contributed by atoms with Gasteiger partial charge in [-0.2, -0.15) is 4.98 Å². The van der Waals surface area contributed by atoms with Gasteiger partial charge in [-0.25, -0.2) is 0 Å². The molecule has 0 aliphatic heterocycles. The van der Waals surface area contributed by atoms with Crippen LogP contribution < -0.4 is 0 Å². The predicted molar refractivity (Wildman–Crippen MR) is 91.6 cm³/mol. The van der Waals surface area contributed by atoms with Gasteiger partial charge in [0.05, 0.1) is 0 Å². The van der Waals surface area contributed by atoms with Crippen LogP contribution in [0.3, 0.4) is 0 Å². The van der Waals surface area contributed by atoms with Crippen molar-refractivity contribution in [3.8, 4) is 23.0 Å². The van der Waals surface area contributed by atoms with E-state index in [-0.39, 0.29) is 0 Å². The average molecular weight is 336 g/mol. The summed E-state index contributed by atoms with van der Waals surface area (Å²) in [4.78, 5) is 4.38. The minimum atomic E-state index is -1.50. The lowest BCUT2D eigenvalue weighted by atomic mass is 10.1. The number of rotatable bonds is 3. The van der Waals surface area contributed by atoms with Gasteiger partial charge in [0, 0.05) is 16.5 Å². The molecule has 0 aliphatic rings. The summed E-state index contributed by atoms with van der Waals surface area (Å²) in [5, 5.41) is 23.3. The van der Waals surface area contributed by atoms with E-state index in [1.807, 2.05) is 32.0 Å². The molecule has 2 heterocycles. The fourth-order valence-corrected chi connectivity index (χ4v) is 2.74. The summed E-state index contributed by atoms with van der Waals surface area (Å²) < 4.78 is 11.2. The Morgan fingerprint density at radius 3 is 2.36 bits per heavy atom. The van der Waals surface area contributed by atoms with Crippen molar-refractivity contribution < 1.29 is 19.2 Å². The zero-order valence-corrected chi connectivity index (χ0v) is 13.7. The topological polar surface area (TPSA) is 92.5 Å². The molecule has 0 unspecified atom stereocenters. The molecule has 0 spiro atoms. The van der Waals surface area contributed by atoms with Crippen molar-refractivity contribution in [1.29, 1.82) is 0 Å². The number of aliphatic hydroxyl groups excluding tert-OH is 1. The van der Waals surface area contributed by atoms with Crippen molar-refractivity contribution in [2.45, 2.75) is 20.1 Å². The Kier molecular flexibility index (Phi) is 3.63. The second kappa shape index (κ2) is 5.84. The van der Waals surface area contributed by atoms with Crippen LogP contribution in [0.4, 0.5) is 0 Å². The standard InChI is InChI=1S/C19H16N2O4/c1-10-3-4-11(2)16-14(10)9-15(24-16)18-20-17(21-25-18)12-5-7-13(8-6-12)19(22)23/h3-9,19,22-23H,1-2H3. The van der Waals surface area contributed by atoms with E-state index in [0.717, 1.165) is 22.1 Å². The molecule has 2 aromatic carbocycles. The molecule has 6 nitrogen and oxygen atoms in total. The van der Waals surface area contributed by atoms with Crippen LogP contribution in [0.2, 0.25) is 0 Å². The number of furan rings is 1. The largest absolute Gasteiger partial charge is 0.451 e. The van der Waals surface area contributed by atoms with E-state index in [9.17, 15) is 0 Å². The lowest BCUT2D eigenvalue weighted by molar-refractivity contribution is -0.0424. The third-order valence-corrected chi connectivity index (χ3v) is 4.20. The Labute approximate surface area is 143 Å². The van der Waals surface area contributed by atoms with Crippen molar-refractivity contribution in [2.24, 2.45) is 0 Å². The minimum Gasteiger partial charge on any atom is -0.451 e. The molecule has 0 atom stereocenters. The van der Waals surface area contributed by atoms with Gasteiger partial charge in [-0.3, -0.25) is 0 Å². The number of aryl methyl sites for hydroxylation is 2. The number of fused-ring (bicyclic) bond motifs is 1. The quantitative estimate of drug-likeness (QED) is 0.554. The van der Waals surface area contributed by atoms with Crippen LogP contribution in [0.15, 0.2) is 51.4 Å². The molecule has 0 amide bonds. The molecule has 0 bridgehead atoms. The van der Waals surface area contributed by atoms with E-state index < -0.39 is 6.29 Å². The van der Waals surface area contributed by atoms with Gasteiger partial charge in [-0.15, -0.1) is 0 Å². The van der Waals surface area contributed by atoms with Gasteiger partial charge in [-0.05, 0) is 31.0 Å². The van der Waals surface area contributed by atoms with E-state index in [1.54, 1.807) is 24.3 Å². The second-order valence-electron chi connectivity index (χ2n) is 5.97. The Balaban J connectivity index is 1.72. The Morgan fingerprint density at radius 1 is 0.960 bits per heavy atom. The molecule has 0 saturated heterocycles. The first kappa shape index (κ1) is 15.6. The molecule has 0 fully saturated rings. The van der Waals surface area contributed by atoms with Crippen LogP contribution in [-0.4, -0.2) is 20.4 Å². The van der Waals surface area contributed by atoms with E-state index in [0.29, 0.717) is 28.6 Å². The lowest BCUT2D eigenvalue weighted by Crippen LogP contribution is -1.94. The van der Waals surface area contributed by atoms with Crippen LogP contribution in [0.5, 0.6) is 0 Å². The minimum absolute atomic E-state index is 0.302. The first-order valence-electron chi connectivity index (χ1n) is 7.83. The highest BCUT2D eigenvalue weighted by Gasteiger charge is 2.17. The first-order chi connectivity index (χ1) is 12.0. The van der Waals surface area contributed by atoms with Crippen LogP contribution in [0.1, 0.15) is 23.0 Å². The number of hydrogen-bond acceptors (Lipinski definition) is 6. The van der Waals surface area contributed by atoms with Crippen molar-refractivity contribution in [3.63, 3.8) is 0 Å². The monoisotopic (exact) mass is 336 g/mol. The summed E-state index contributed by atoms with van der Waals surface area (Å²) in [7, 11) is 0.